The molecular formula is C43H45ClF3N11O4. The molecule has 2 aromatic carbocycles. The maximum absolute atomic E-state index is 16.2. The first kappa shape index (κ1) is 41.2. The minimum absolute atomic E-state index is 0.0916. The molecule has 1 unspecified atom stereocenters. The Balaban J connectivity index is 0.844. The Morgan fingerprint density at radius 3 is 2.45 bits per heavy atom. The summed E-state index contributed by atoms with van der Waals surface area (Å²) >= 11 is 6.54. The lowest BCUT2D eigenvalue weighted by Crippen LogP contribution is -2.59. The highest BCUT2D eigenvalue weighted by Gasteiger charge is 2.57. The van der Waals surface area contributed by atoms with Gasteiger partial charge in [-0.2, -0.15) is 0 Å². The predicted octanol–water partition coefficient (Wildman–Crippen LogP) is 4.86. The number of hydrogen-bond acceptors (Lipinski definition) is 10. The van der Waals surface area contributed by atoms with Gasteiger partial charge in [0.2, 0.25) is 5.91 Å². The van der Waals surface area contributed by atoms with Crippen LogP contribution in [0.4, 0.5) is 29.3 Å². The van der Waals surface area contributed by atoms with Gasteiger partial charge in [0, 0.05) is 74.6 Å². The summed E-state index contributed by atoms with van der Waals surface area (Å²) in [5.41, 5.74) is 12.8. The van der Waals surface area contributed by atoms with Crippen molar-refractivity contribution in [1.29, 1.82) is 0 Å². The number of amides is 5. The summed E-state index contributed by atoms with van der Waals surface area (Å²) in [6, 6.07) is 9.21. The van der Waals surface area contributed by atoms with E-state index in [2.05, 4.69) is 30.9 Å². The van der Waals surface area contributed by atoms with Crippen molar-refractivity contribution in [3.8, 4) is 11.3 Å². The number of anilines is 2. The molecule has 9 rings (SSSR count). The van der Waals surface area contributed by atoms with Gasteiger partial charge in [-0.25, -0.2) is 27.6 Å². The van der Waals surface area contributed by atoms with Crippen LogP contribution >= 0.6 is 11.6 Å². The second kappa shape index (κ2) is 15.6. The van der Waals surface area contributed by atoms with E-state index in [1.165, 1.54) is 23.2 Å². The summed E-state index contributed by atoms with van der Waals surface area (Å²) in [4.78, 5) is 65.8. The molecule has 3 saturated heterocycles. The van der Waals surface area contributed by atoms with Crippen molar-refractivity contribution >= 4 is 52.4 Å². The Kier molecular flexibility index (Phi) is 10.4. The number of halogens is 4. The summed E-state index contributed by atoms with van der Waals surface area (Å²) in [7, 11) is 1.76. The van der Waals surface area contributed by atoms with Gasteiger partial charge in [-0.1, -0.05) is 17.7 Å². The fourth-order valence-electron chi connectivity index (χ4n) is 9.59. The molecule has 3 fully saturated rings. The van der Waals surface area contributed by atoms with Crippen molar-refractivity contribution in [3.63, 3.8) is 0 Å². The average Bonchev–Trinajstić information content (AvgIpc) is 3.88. The number of primary amides is 1. The molecule has 0 saturated carbocycles. The number of pyridine rings is 1. The molecule has 19 heteroatoms. The quantitative estimate of drug-likeness (QED) is 0.192. The van der Waals surface area contributed by atoms with Gasteiger partial charge in [-0.3, -0.25) is 39.9 Å². The van der Waals surface area contributed by atoms with E-state index >= 15 is 13.2 Å². The number of nitrogens with zero attached hydrogens (tertiary/aromatic N) is 7. The number of nitrogens with two attached hydrogens (primary N) is 1. The van der Waals surface area contributed by atoms with Gasteiger partial charge in [-0.15, -0.1) is 0 Å². The van der Waals surface area contributed by atoms with Crippen LogP contribution < -0.4 is 31.6 Å². The van der Waals surface area contributed by atoms with Crippen LogP contribution in [0.3, 0.4) is 0 Å². The molecule has 0 radical (unpaired) electrons. The normalized spacial score (nSPS) is 20.6. The number of aromatic nitrogens is 3. The smallest absolute Gasteiger partial charge is 0.328 e. The van der Waals surface area contributed by atoms with E-state index in [9.17, 15) is 19.2 Å². The molecule has 4 aromatic rings. The van der Waals surface area contributed by atoms with Crippen LogP contribution in [0, 0.1) is 18.2 Å². The molecular weight excluding hydrogens is 827 g/mol. The summed E-state index contributed by atoms with van der Waals surface area (Å²) in [6.07, 6.45) is 5.72. The van der Waals surface area contributed by atoms with Crippen LogP contribution in [0.1, 0.15) is 69.0 Å². The van der Waals surface area contributed by atoms with Crippen molar-refractivity contribution in [2.45, 2.75) is 57.7 Å². The number of carbonyl (C=O) groups is 4. The van der Waals surface area contributed by atoms with Gasteiger partial charge < -0.3 is 20.9 Å². The third-order valence-corrected chi connectivity index (χ3v) is 13.5. The number of rotatable bonds is 8. The molecule has 5 amide bonds. The number of likely N-dealkylation sites (tertiary alicyclic amines) is 2. The maximum atomic E-state index is 16.2. The van der Waals surface area contributed by atoms with Crippen molar-refractivity contribution in [2.24, 2.45) is 11.1 Å². The molecule has 5 N–H and O–H groups in total. The summed E-state index contributed by atoms with van der Waals surface area (Å²) < 4.78 is 49.6. The van der Waals surface area contributed by atoms with E-state index in [0.29, 0.717) is 53.5 Å². The van der Waals surface area contributed by atoms with Crippen LogP contribution in [0.2, 0.25) is 5.02 Å². The fourth-order valence-corrected chi connectivity index (χ4v) is 9.81. The molecule has 0 aliphatic carbocycles. The first-order valence-electron chi connectivity index (χ1n) is 20.6. The Hall–Kier alpha value is -6.14. The Morgan fingerprint density at radius 2 is 1.76 bits per heavy atom. The van der Waals surface area contributed by atoms with Crippen molar-refractivity contribution < 1.29 is 32.3 Å². The Labute approximate surface area is 360 Å². The zero-order valence-electron chi connectivity index (χ0n) is 34.1. The fraction of sp³-hybridized carbons (Fsp3) is 0.395. The van der Waals surface area contributed by atoms with Gasteiger partial charge in [0.15, 0.2) is 5.82 Å². The van der Waals surface area contributed by atoms with Crippen LogP contribution in [0.5, 0.6) is 0 Å². The highest BCUT2D eigenvalue weighted by Crippen LogP contribution is 2.51. The molecule has 324 valence electrons. The number of nitrogens with one attached hydrogen (secondary N) is 3. The number of aryl methyl sites for hydroxylation is 1. The van der Waals surface area contributed by atoms with Crippen molar-refractivity contribution in [3.05, 3.63) is 99.5 Å². The number of fused-ring (bicyclic) bond motifs is 2. The van der Waals surface area contributed by atoms with E-state index in [1.807, 2.05) is 6.08 Å². The SMILES string of the molecule is CNC1=CC(N2CCc3c2ccc(F)c3-c2ccc(CN3CCC4(CCN(C(=O)c5cc(C)c(Cl)c(N6CCC(=O)NC6=O)c5)CC4)C(F)(F)C3)cn2)Nn2c(C(N)=O)cnc21. The predicted molar refractivity (Wildman–Crippen MR) is 226 cm³/mol. The number of urea groups is 1. The van der Waals surface area contributed by atoms with Crippen LogP contribution in [0.15, 0.2) is 54.9 Å². The van der Waals surface area contributed by atoms with Crippen molar-refractivity contribution in [1.82, 2.24) is 35.1 Å². The number of carbonyl (C=O) groups excluding carboxylic acids is 4. The molecule has 2 aromatic heterocycles. The number of imide groups is 1. The van der Waals surface area contributed by atoms with E-state index in [4.69, 9.17) is 17.3 Å². The summed E-state index contributed by atoms with van der Waals surface area (Å²) in [5, 5.41) is 5.68. The first-order valence-corrected chi connectivity index (χ1v) is 20.9. The number of imidazole rings is 1. The molecule has 62 heavy (non-hydrogen) atoms. The minimum Gasteiger partial charge on any atom is -0.385 e. The molecule has 5 aliphatic rings. The third kappa shape index (κ3) is 7.07. The first-order chi connectivity index (χ1) is 29.7. The second-order valence-corrected chi connectivity index (χ2v) is 17.0. The monoisotopic (exact) mass is 871 g/mol. The molecule has 7 heterocycles. The molecule has 0 bridgehead atoms. The van der Waals surface area contributed by atoms with E-state index in [-0.39, 0.29) is 74.0 Å². The van der Waals surface area contributed by atoms with Gasteiger partial charge in [0.05, 0.1) is 34.8 Å². The van der Waals surface area contributed by atoms with Gasteiger partial charge in [-0.05, 0) is 92.2 Å². The number of hydrogen-bond donors (Lipinski definition) is 4. The van der Waals surface area contributed by atoms with E-state index < -0.39 is 47.7 Å². The molecule has 1 atom stereocenters. The van der Waals surface area contributed by atoms with Crippen LogP contribution in [-0.2, 0) is 17.8 Å². The highest BCUT2D eigenvalue weighted by molar-refractivity contribution is 6.35. The summed E-state index contributed by atoms with van der Waals surface area (Å²) in [6.45, 7) is 2.92. The number of alkyl halides is 2. The standard InChI is InChI=1S/C43H45ClF3N11O4/c1-24-17-26(18-32(37(24)44)57-13-8-35(59)52-41(57)62)40(61)55-15-10-42(11-16-55)9-14-54(23-43(42,46)47)22-25-3-5-29(50-20-25)36-27-7-12-56(31(27)6-4-28(36)45)34-19-30(49-2)39-51-21-33(38(48)60)58(39)53-34/h3-6,17-21,34,49,53H,7-16,22-23H2,1-2H3,(H2,48,60)(H,52,59,62). The Morgan fingerprint density at radius 1 is 0.984 bits per heavy atom. The topological polar surface area (TPSA) is 174 Å². The maximum Gasteiger partial charge on any atom is 0.328 e. The second-order valence-electron chi connectivity index (χ2n) is 16.6. The number of benzene rings is 2. The van der Waals surface area contributed by atoms with Crippen LogP contribution in [-0.4, -0.2) is 107 Å². The zero-order chi connectivity index (χ0) is 43.7. The molecule has 15 nitrogen and oxygen atoms in total. The van der Waals surface area contributed by atoms with Gasteiger partial charge in [0.25, 0.3) is 17.7 Å². The van der Waals surface area contributed by atoms with E-state index in [0.717, 1.165) is 16.8 Å². The lowest BCUT2D eigenvalue weighted by atomic mass is 9.68. The van der Waals surface area contributed by atoms with Crippen LogP contribution in [0.25, 0.3) is 17.0 Å². The molecule has 5 aliphatic heterocycles. The third-order valence-electron chi connectivity index (χ3n) is 13.0. The summed E-state index contributed by atoms with van der Waals surface area (Å²) in [5.74, 6) is -4.29. The molecule has 1 spiro atoms. The van der Waals surface area contributed by atoms with Gasteiger partial charge >= 0.3 is 6.03 Å². The van der Waals surface area contributed by atoms with E-state index in [1.54, 1.807) is 58.9 Å². The number of piperidine rings is 2. The average molecular weight is 872 g/mol. The lowest BCUT2D eigenvalue weighted by molar-refractivity contribution is -0.186. The minimum atomic E-state index is -3.02. The lowest BCUT2D eigenvalue weighted by Gasteiger charge is -2.51. The van der Waals surface area contributed by atoms with Gasteiger partial charge in [0.1, 0.15) is 17.7 Å². The van der Waals surface area contributed by atoms with Crippen molar-refractivity contribution in [2.75, 3.05) is 61.5 Å². The highest BCUT2D eigenvalue weighted by atomic mass is 35.5. The largest absolute Gasteiger partial charge is 0.385 e. The Bertz CT molecular complexity index is 2540. The zero-order valence-corrected chi connectivity index (χ0v) is 34.9.